The van der Waals surface area contributed by atoms with E-state index in [0.29, 0.717) is 16.3 Å². The number of anilines is 1. The molecule has 0 aliphatic heterocycles. The monoisotopic (exact) mass is 603 g/mol. The van der Waals surface area contributed by atoms with Gasteiger partial charge in [-0.05, 0) is 66.4 Å². The van der Waals surface area contributed by atoms with Crippen LogP contribution in [0.25, 0.3) is 0 Å². The highest BCUT2D eigenvalue weighted by Crippen LogP contribution is 2.28. The lowest BCUT2D eigenvalue weighted by atomic mass is 10.0. The quantitative estimate of drug-likeness (QED) is 0.244. The minimum atomic E-state index is -4.19. The van der Waals surface area contributed by atoms with Crippen LogP contribution >= 0.6 is 11.6 Å². The van der Waals surface area contributed by atoms with Gasteiger partial charge in [-0.1, -0.05) is 84.4 Å². The average Bonchev–Trinajstić information content (AvgIpc) is 2.99. The first-order valence-electron chi connectivity index (χ1n) is 13.5. The fraction of sp³-hybridized carbons (Fsp3) is 0.212. The maximum atomic E-state index is 14.4. The molecule has 0 fully saturated rings. The van der Waals surface area contributed by atoms with Crippen molar-refractivity contribution >= 4 is 39.1 Å². The molecule has 4 aromatic carbocycles. The van der Waals surface area contributed by atoms with Crippen molar-refractivity contribution in [2.24, 2.45) is 0 Å². The molecule has 1 N–H and O–H groups in total. The van der Waals surface area contributed by atoms with Crippen molar-refractivity contribution in [1.82, 2.24) is 10.2 Å². The van der Waals surface area contributed by atoms with Crippen LogP contribution in [-0.2, 0) is 32.6 Å². The van der Waals surface area contributed by atoms with Gasteiger partial charge in [0.05, 0.1) is 10.6 Å². The zero-order valence-corrected chi connectivity index (χ0v) is 25.4. The summed E-state index contributed by atoms with van der Waals surface area (Å²) < 4.78 is 29.2. The van der Waals surface area contributed by atoms with Gasteiger partial charge < -0.3 is 10.2 Å². The van der Waals surface area contributed by atoms with Gasteiger partial charge in [-0.3, -0.25) is 13.9 Å². The number of benzene rings is 4. The molecule has 0 aliphatic carbocycles. The lowest BCUT2D eigenvalue weighted by Crippen LogP contribution is -2.53. The van der Waals surface area contributed by atoms with Gasteiger partial charge in [0.15, 0.2) is 0 Å². The summed E-state index contributed by atoms with van der Waals surface area (Å²) in [5.41, 5.74) is 3.74. The molecule has 0 saturated heterocycles. The second-order valence-electron chi connectivity index (χ2n) is 10.0. The Morgan fingerprint density at radius 3 is 2.02 bits per heavy atom. The van der Waals surface area contributed by atoms with Gasteiger partial charge in [0.25, 0.3) is 10.0 Å². The highest BCUT2D eigenvalue weighted by molar-refractivity contribution is 7.92. The third-order valence-electron chi connectivity index (χ3n) is 7.18. The maximum Gasteiger partial charge on any atom is 0.264 e. The number of sulfonamides is 1. The topological polar surface area (TPSA) is 86.8 Å². The highest BCUT2D eigenvalue weighted by atomic mass is 35.5. The SMILES string of the molecule is CNC(=O)C(Cc1ccccc1)N(Cc1ccccc1C)C(=O)CN(c1ccccc1C)S(=O)(=O)c1ccc(Cl)cc1. The normalized spacial score (nSPS) is 11.9. The van der Waals surface area contributed by atoms with Gasteiger partial charge in [-0.2, -0.15) is 0 Å². The third-order valence-corrected chi connectivity index (χ3v) is 9.21. The first-order chi connectivity index (χ1) is 20.1. The molecule has 42 heavy (non-hydrogen) atoms. The number of likely N-dealkylation sites (N-methyl/N-ethyl adjacent to an activating group) is 1. The van der Waals surface area contributed by atoms with E-state index in [9.17, 15) is 18.0 Å². The number of hydrogen-bond acceptors (Lipinski definition) is 4. The summed E-state index contributed by atoms with van der Waals surface area (Å²) in [6, 6.07) is 29.0. The zero-order chi connectivity index (χ0) is 30.3. The smallest absolute Gasteiger partial charge is 0.264 e. The molecule has 4 rings (SSSR count). The van der Waals surface area contributed by atoms with Gasteiger partial charge in [0.2, 0.25) is 11.8 Å². The van der Waals surface area contributed by atoms with E-state index in [4.69, 9.17) is 11.6 Å². The molecule has 1 unspecified atom stereocenters. The average molecular weight is 604 g/mol. The summed E-state index contributed by atoms with van der Waals surface area (Å²) in [4.78, 5) is 29.2. The van der Waals surface area contributed by atoms with E-state index >= 15 is 0 Å². The van der Waals surface area contributed by atoms with Crippen LogP contribution in [0.2, 0.25) is 5.02 Å². The van der Waals surface area contributed by atoms with E-state index in [1.54, 1.807) is 31.2 Å². The number of hydrogen-bond donors (Lipinski definition) is 1. The molecule has 0 bridgehead atoms. The number of carbonyl (C=O) groups is 2. The standard InChI is InChI=1S/C33H34ClN3O4S/c1-24-11-7-9-15-27(24)22-36(31(33(39)35-3)21-26-13-5-4-6-14-26)32(38)23-37(30-16-10-8-12-25(30)2)42(40,41)29-19-17-28(34)18-20-29/h4-20,31H,21-23H2,1-3H3,(H,35,39). The van der Waals surface area contributed by atoms with Gasteiger partial charge in [0.1, 0.15) is 12.6 Å². The number of carbonyl (C=O) groups excluding carboxylic acids is 2. The Morgan fingerprint density at radius 1 is 0.810 bits per heavy atom. The van der Waals surface area contributed by atoms with E-state index in [1.807, 2.05) is 61.5 Å². The van der Waals surface area contributed by atoms with Crippen LogP contribution in [0.15, 0.2) is 108 Å². The first kappa shape index (κ1) is 30.8. The molecule has 218 valence electrons. The number of amides is 2. The van der Waals surface area contributed by atoms with Crippen LogP contribution in [0.3, 0.4) is 0 Å². The molecule has 4 aromatic rings. The van der Waals surface area contributed by atoms with Gasteiger partial charge >= 0.3 is 0 Å². The van der Waals surface area contributed by atoms with Crippen molar-refractivity contribution in [1.29, 1.82) is 0 Å². The Hall–Kier alpha value is -4.14. The van der Waals surface area contributed by atoms with Crippen LogP contribution in [0, 0.1) is 13.8 Å². The molecular formula is C33H34ClN3O4S. The minimum Gasteiger partial charge on any atom is -0.357 e. The zero-order valence-electron chi connectivity index (χ0n) is 23.8. The van der Waals surface area contributed by atoms with Crippen molar-refractivity contribution < 1.29 is 18.0 Å². The summed E-state index contributed by atoms with van der Waals surface area (Å²) in [7, 11) is -2.66. The largest absolute Gasteiger partial charge is 0.357 e. The second kappa shape index (κ2) is 13.7. The van der Waals surface area contributed by atoms with E-state index in [0.717, 1.165) is 21.0 Å². The van der Waals surface area contributed by atoms with Crippen LogP contribution in [0.5, 0.6) is 0 Å². The molecule has 0 aliphatic rings. The summed E-state index contributed by atoms with van der Waals surface area (Å²) in [6.07, 6.45) is 0.256. The lowest BCUT2D eigenvalue weighted by molar-refractivity contribution is -0.139. The molecule has 0 spiro atoms. The number of nitrogens with zero attached hydrogens (tertiary/aromatic N) is 2. The molecule has 2 amide bonds. The van der Waals surface area contributed by atoms with Crippen LogP contribution in [-0.4, -0.2) is 44.8 Å². The van der Waals surface area contributed by atoms with Crippen LogP contribution < -0.4 is 9.62 Å². The summed E-state index contributed by atoms with van der Waals surface area (Å²) in [5, 5.41) is 3.09. The molecule has 0 saturated carbocycles. The fourth-order valence-electron chi connectivity index (χ4n) is 4.78. The van der Waals surface area contributed by atoms with Crippen molar-refractivity contribution in [3.63, 3.8) is 0 Å². The first-order valence-corrected chi connectivity index (χ1v) is 15.4. The van der Waals surface area contributed by atoms with Gasteiger partial charge in [0, 0.05) is 25.0 Å². The molecule has 9 heteroatoms. The number of halogens is 1. The predicted octanol–water partition coefficient (Wildman–Crippen LogP) is 5.54. The molecule has 0 aromatic heterocycles. The van der Waals surface area contributed by atoms with E-state index in [2.05, 4.69) is 5.32 Å². The van der Waals surface area contributed by atoms with Crippen LogP contribution in [0.4, 0.5) is 5.69 Å². The van der Waals surface area contributed by atoms with Crippen molar-refractivity contribution in [3.05, 3.63) is 130 Å². The molecule has 0 heterocycles. The Balaban J connectivity index is 1.80. The summed E-state index contributed by atoms with van der Waals surface area (Å²) in [6.45, 7) is 3.34. The van der Waals surface area contributed by atoms with Crippen molar-refractivity contribution in [3.8, 4) is 0 Å². The summed E-state index contributed by atoms with van der Waals surface area (Å²) in [5.74, 6) is -0.854. The molecule has 1 atom stereocenters. The van der Waals surface area contributed by atoms with E-state index in [1.165, 1.54) is 36.2 Å². The predicted molar refractivity (Wildman–Crippen MR) is 167 cm³/mol. The third kappa shape index (κ3) is 7.19. The number of rotatable bonds is 11. The number of aryl methyl sites for hydroxylation is 2. The van der Waals surface area contributed by atoms with Crippen molar-refractivity contribution in [2.45, 2.75) is 37.8 Å². The number of nitrogens with one attached hydrogen (secondary N) is 1. The molecule has 0 radical (unpaired) electrons. The van der Waals surface area contributed by atoms with E-state index < -0.39 is 28.5 Å². The van der Waals surface area contributed by atoms with Crippen LogP contribution in [0.1, 0.15) is 22.3 Å². The Kier molecular flexibility index (Phi) is 10.0. The Bertz CT molecular complexity index is 1640. The molecular weight excluding hydrogens is 570 g/mol. The minimum absolute atomic E-state index is 0.000503. The second-order valence-corrected chi connectivity index (χ2v) is 12.3. The lowest BCUT2D eigenvalue weighted by Gasteiger charge is -2.34. The summed E-state index contributed by atoms with van der Waals surface area (Å²) >= 11 is 6.04. The van der Waals surface area contributed by atoms with E-state index in [-0.39, 0.29) is 23.8 Å². The van der Waals surface area contributed by atoms with Gasteiger partial charge in [-0.15, -0.1) is 0 Å². The highest BCUT2D eigenvalue weighted by Gasteiger charge is 2.34. The maximum absolute atomic E-state index is 14.4. The fourth-order valence-corrected chi connectivity index (χ4v) is 6.39. The van der Waals surface area contributed by atoms with Crippen molar-refractivity contribution in [2.75, 3.05) is 17.9 Å². The van der Waals surface area contributed by atoms with Gasteiger partial charge in [-0.25, -0.2) is 8.42 Å². The molecule has 7 nitrogen and oxygen atoms in total. The number of para-hydroxylation sites is 1. The Morgan fingerprint density at radius 2 is 1.40 bits per heavy atom. The Labute approximate surface area is 252 Å².